The van der Waals surface area contributed by atoms with E-state index in [0.29, 0.717) is 0 Å². The fraction of sp³-hybridized carbons (Fsp3) is 0.733. The van der Waals surface area contributed by atoms with Gasteiger partial charge < -0.3 is 0 Å². The van der Waals surface area contributed by atoms with E-state index in [1.807, 2.05) is 11.3 Å². The summed E-state index contributed by atoms with van der Waals surface area (Å²) in [6.07, 6.45) is 12.7. The van der Waals surface area contributed by atoms with E-state index >= 15 is 0 Å². The summed E-state index contributed by atoms with van der Waals surface area (Å²) in [6, 6.07) is 2.24. The van der Waals surface area contributed by atoms with Crippen molar-refractivity contribution in [3.05, 3.63) is 21.9 Å². The minimum absolute atomic E-state index is 1.30. The molecule has 0 aliphatic heterocycles. The third kappa shape index (κ3) is 5.69. The van der Waals surface area contributed by atoms with Crippen LogP contribution in [0.4, 0.5) is 0 Å². The van der Waals surface area contributed by atoms with Gasteiger partial charge in [-0.25, -0.2) is 0 Å². The predicted octanol–water partition coefficient (Wildman–Crippen LogP) is 5.74. The normalized spacial score (nSPS) is 10.9. The standard InChI is InChI=1S/C15H26S/c1-3-4-5-6-7-8-9-10-11-15-14(2)12-13-16-15/h12-13H,3-11H2,1-2H3. The SMILES string of the molecule is CCCCCCCCCCc1sccc1C. The number of hydrogen-bond donors (Lipinski definition) is 0. The van der Waals surface area contributed by atoms with Crippen LogP contribution in [0.5, 0.6) is 0 Å². The zero-order valence-corrected chi connectivity index (χ0v) is 11.7. The highest BCUT2D eigenvalue weighted by atomic mass is 32.1. The van der Waals surface area contributed by atoms with Crippen molar-refractivity contribution < 1.29 is 0 Å². The molecule has 0 radical (unpaired) electrons. The largest absolute Gasteiger partial charge is 0.149 e. The van der Waals surface area contributed by atoms with Crippen molar-refractivity contribution in [3.63, 3.8) is 0 Å². The van der Waals surface area contributed by atoms with Gasteiger partial charge in [-0.05, 0) is 36.8 Å². The van der Waals surface area contributed by atoms with E-state index in [0.717, 1.165) is 0 Å². The average Bonchev–Trinajstić information content (AvgIpc) is 2.68. The predicted molar refractivity (Wildman–Crippen MR) is 75.4 cm³/mol. The molecule has 0 atom stereocenters. The van der Waals surface area contributed by atoms with Crippen LogP contribution in [0.15, 0.2) is 11.4 Å². The minimum atomic E-state index is 1.30. The van der Waals surface area contributed by atoms with E-state index in [1.165, 1.54) is 63.4 Å². The third-order valence-corrected chi connectivity index (χ3v) is 4.31. The van der Waals surface area contributed by atoms with Gasteiger partial charge in [0.25, 0.3) is 0 Å². The summed E-state index contributed by atoms with van der Waals surface area (Å²) in [5, 5.41) is 2.22. The molecule has 0 fully saturated rings. The fourth-order valence-electron chi connectivity index (χ4n) is 2.08. The maximum absolute atomic E-state index is 2.28. The Balaban J connectivity index is 1.91. The Morgan fingerprint density at radius 2 is 1.56 bits per heavy atom. The second-order valence-electron chi connectivity index (χ2n) is 4.75. The maximum atomic E-state index is 2.28. The van der Waals surface area contributed by atoms with Crippen LogP contribution in [0.2, 0.25) is 0 Å². The Labute approximate surface area is 105 Å². The van der Waals surface area contributed by atoms with Crippen LogP contribution in [0.25, 0.3) is 0 Å². The van der Waals surface area contributed by atoms with Gasteiger partial charge >= 0.3 is 0 Å². The van der Waals surface area contributed by atoms with Crippen LogP contribution in [-0.4, -0.2) is 0 Å². The van der Waals surface area contributed by atoms with Crippen molar-refractivity contribution in [2.24, 2.45) is 0 Å². The average molecular weight is 238 g/mol. The summed E-state index contributed by atoms with van der Waals surface area (Å²) < 4.78 is 0. The first-order valence-electron chi connectivity index (χ1n) is 6.87. The van der Waals surface area contributed by atoms with E-state index in [2.05, 4.69) is 25.3 Å². The minimum Gasteiger partial charge on any atom is -0.149 e. The molecule has 1 heteroatoms. The molecule has 0 unspecified atom stereocenters. The Bertz CT molecular complexity index is 262. The molecule has 0 saturated carbocycles. The molecule has 0 nitrogen and oxygen atoms in total. The third-order valence-electron chi connectivity index (χ3n) is 3.23. The monoisotopic (exact) mass is 238 g/mol. The van der Waals surface area contributed by atoms with Crippen molar-refractivity contribution in [1.82, 2.24) is 0 Å². The molecule has 1 heterocycles. The highest BCUT2D eigenvalue weighted by Gasteiger charge is 1.99. The molecular formula is C15H26S. The lowest BCUT2D eigenvalue weighted by Gasteiger charge is -2.01. The van der Waals surface area contributed by atoms with Crippen molar-refractivity contribution in [2.75, 3.05) is 0 Å². The van der Waals surface area contributed by atoms with Crippen molar-refractivity contribution in [1.29, 1.82) is 0 Å². The van der Waals surface area contributed by atoms with Crippen LogP contribution in [0.1, 0.15) is 68.7 Å². The molecule has 0 saturated heterocycles. The molecule has 1 aromatic heterocycles. The molecule has 92 valence electrons. The van der Waals surface area contributed by atoms with Gasteiger partial charge in [-0.1, -0.05) is 51.9 Å². The highest BCUT2D eigenvalue weighted by Crippen LogP contribution is 2.19. The van der Waals surface area contributed by atoms with Crippen LogP contribution in [0, 0.1) is 6.92 Å². The lowest BCUT2D eigenvalue weighted by Crippen LogP contribution is -1.85. The molecule has 0 amide bonds. The van der Waals surface area contributed by atoms with E-state index in [1.54, 1.807) is 4.88 Å². The molecule has 0 N–H and O–H groups in total. The molecule has 0 bridgehead atoms. The van der Waals surface area contributed by atoms with Gasteiger partial charge in [-0.2, -0.15) is 0 Å². The van der Waals surface area contributed by atoms with Crippen molar-refractivity contribution in [3.8, 4) is 0 Å². The lowest BCUT2D eigenvalue weighted by atomic mass is 10.1. The summed E-state index contributed by atoms with van der Waals surface area (Å²) in [5.74, 6) is 0. The van der Waals surface area contributed by atoms with Crippen LogP contribution in [0.3, 0.4) is 0 Å². The molecule has 1 aromatic rings. The molecule has 0 aliphatic rings. The van der Waals surface area contributed by atoms with Gasteiger partial charge in [0, 0.05) is 4.88 Å². The Morgan fingerprint density at radius 1 is 0.938 bits per heavy atom. The molecule has 16 heavy (non-hydrogen) atoms. The molecule has 0 aliphatic carbocycles. The lowest BCUT2D eigenvalue weighted by molar-refractivity contribution is 0.576. The Hall–Kier alpha value is -0.300. The topological polar surface area (TPSA) is 0 Å². The van der Waals surface area contributed by atoms with Gasteiger partial charge in [-0.3, -0.25) is 0 Å². The first-order valence-corrected chi connectivity index (χ1v) is 7.75. The van der Waals surface area contributed by atoms with Gasteiger partial charge in [-0.15, -0.1) is 11.3 Å². The summed E-state index contributed by atoms with van der Waals surface area (Å²) in [4.78, 5) is 1.60. The fourth-order valence-corrected chi connectivity index (χ4v) is 3.03. The first-order chi connectivity index (χ1) is 7.84. The van der Waals surface area contributed by atoms with Crippen LogP contribution < -0.4 is 0 Å². The van der Waals surface area contributed by atoms with E-state index in [4.69, 9.17) is 0 Å². The van der Waals surface area contributed by atoms with Crippen molar-refractivity contribution >= 4 is 11.3 Å². The second-order valence-corrected chi connectivity index (χ2v) is 5.75. The van der Waals surface area contributed by atoms with Crippen LogP contribution >= 0.6 is 11.3 Å². The Kier molecular flexibility index (Phi) is 7.58. The molecule has 1 rings (SSSR count). The van der Waals surface area contributed by atoms with Gasteiger partial charge in [0.05, 0.1) is 0 Å². The maximum Gasteiger partial charge on any atom is 0.00743 e. The zero-order valence-electron chi connectivity index (χ0n) is 10.9. The number of unbranched alkanes of at least 4 members (excludes halogenated alkanes) is 7. The van der Waals surface area contributed by atoms with Crippen LogP contribution in [-0.2, 0) is 6.42 Å². The second kappa shape index (κ2) is 8.81. The summed E-state index contributed by atoms with van der Waals surface area (Å²) in [7, 11) is 0. The van der Waals surface area contributed by atoms with E-state index in [-0.39, 0.29) is 0 Å². The first kappa shape index (κ1) is 13.8. The van der Waals surface area contributed by atoms with Crippen molar-refractivity contribution in [2.45, 2.75) is 71.6 Å². The quantitative estimate of drug-likeness (QED) is 0.481. The number of aryl methyl sites for hydroxylation is 2. The number of thiophene rings is 1. The molecular weight excluding hydrogens is 212 g/mol. The molecule has 0 aromatic carbocycles. The summed E-state index contributed by atoms with van der Waals surface area (Å²) in [5.41, 5.74) is 1.49. The summed E-state index contributed by atoms with van der Waals surface area (Å²) in [6.45, 7) is 4.51. The smallest absolute Gasteiger partial charge is 0.00743 e. The van der Waals surface area contributed by atoms with E-state index < -0.39 is 0 Å². The van der Waals surface area contributed by atoms with E-state index in [9.17, 15) is 0 Å². The highest BCUT2D eigenvalue weighted by molar-refractivity contribution is 7.10. The number of hydrogen-bond acceptors (Lipinski definition) is 1. The van der Waals surface area contributed by atoms with Gasteiger partial charge in [0.1, 0.15) is 0 Å². The zero-order chi connectivity index (χ0) is 11.6. The van der Waals surface area contributed by atoms with Gasteiger partial charge in [0.2, 0.25) is 0 Å². The summed E-state index contributed by atoms with van der Waals surface area (Å²) >= 11 is 1.92. The molecule has 0 spiro atoms. The van der Waals surface area contributed by atoms with Gasteiger partial charge in [0.15, 0.2) is 0 Å². The Morgan fingerprint density at radius 3 is 2.12 bits per heavy atom. The number of rotatable bonds is 9.